The van der Waals surface area contributed by atoms with E-state index in [0.29, 0.717) is 11.4 Å². The van der Waals surface area contributed by atoms with Crippen LogP contribution in [0.2, 0.25) is 0 Å². The highest BCUT2D eigenvalue weighted by atomic mass is 16.5. The molecule has 7 nitrogen and oxygen atoms in total. The number of esters is 1. The van der Waals surface area contributed by atoms with Crippen LogP contribution < -0.4 is 10.2 Å². The van der Waals surface area contributed by atoms with E-state index < -0.39 is 11.9 Å². The summed E-state index contributed by atoms with van der Waals surface area (Å²) in [7, 11) is 1.29. The number of hydrogen-bond donors (Lipinski definition) is 1. The molecule has 2 aromatic rings. The summed E-state index contributed by atoms with van der Waals surface area (Å²) in [6.07, 6.45) is 2.46. The Labute approximate surface area is 181 Å². The number of benzene rings is 2. The van der Waals surface area contributed by atoms with E-state index in [1.807, 2.05) is 26.0 Å². The van der Waals surface area contributed by atoms with Gasteiger partial charge in [0.1, 0.15) is 6.54 Å². The number of fused-ring (bicyclic) bond motifs is 2. The number of nitrogens with zero attached hydrogens (tertiary/aromatic N) is 2. The first-order chi connectivity index (χ1) is 14.9. The lowest BCUT2D eigenvalue weighted by Gasteiger charge is -2.25. The molecule has 0 radical (unpaired) electrons. The van der Waals surface area contributed by atoms with E-state index in [1.54, 1.807) is 24.3 Å². The van der Waals surface area contributed by atoms with Crippen molar-refractivity contribution < 1.29 is 19.1 Å². The first-order valence-electron chi connectivity index (χ1n) is 10.4. The van der Waals surface area contributed by atoms with E-state index in [1.165, 1.54) is 12.0 Å². The monoisotopic (exact) mass is 419 g/mol. The molecule has 1 heterocycles. The van der Waals surface area contributed by atoms with Crippen molar-refractivity contribution in [2.75, 3.05) is 23.9 Å². The summed E-state index contributed by atoms with van der Waals surface area (Å²) in [5.41, 5.74) is 4.98. The molecule has 7 heteroatoms. The molecule has 31 heavy (non-hydrogen) atoms. The summed E-state index contributed by atoms with van der Waals surface area (Å²) in [6.45, 7) is 3.82. The lowest BCUT2D eigenvalue weighted by atomic mass is 10.0. The zero-order valence-electron chi connectivity index (χ0n) is 17.9. The highest BCUT2D eigenvalue weighted by molar-refractivity contribution is 6.17. The average molecular weight is 419 g/mol. The Morgan fingerprint density at radius 3 is 2.71 bits per heavy atom. The number of hydrogen-bond acceptors (Lipinski definition) is 5. The third kappa shape index (κ3) is 3.95. The van der Waals surface area contributed by atoms with Crippen LogP contribution in [0, 0.1) is 19.8 Å². The summed E-state index contributed by atoms with van der Waals surface area (Å²) in [6, 6.07) is 10.5. The maximum atomic E-state index is 13.4. The van der Waals surface area contributed by atoms with Crippen LogP contribution in [-0.4, -0.2) is 37.1 Å². The van der Waals surface area contributed by atoms with Gasteiger partial charge in [0.05, 0.1) is 35.7 Å². The number of aliphatic imine (C=N–C) groups is 1. The number of amides is 2. The van der Waals surface area contributed by atoms with E-state index in [0.717, 1.165) is 41.8 Å². The molecule has 4 rings (SSSR count). The van der Waals surface area contributed by atoms with Crippen LogP contribution in [0.25, 0.3) is 0 Å². The maximum Gasteiger partial charge on any atom is 0.339 e. The molecule has 1 atom stereocenters. The SMILES string of the molecule is COC(=O)c1ccccc1NC(=O)CN1C(=O)[C@H]2CCCC2=Nc2cc(C)c(C)cc21. The highest BCUT2D eigenvalue weighted by Gasteiger charge is 2.37. The molecule has 0 bridgehead atoms. The Balaban J connectivity index is 1.66. The van der Waals surface area contributed by atoms with Gasteiger partial charge in [-0.2, -0.15) is 0 Å². The number of carbonyl (C=O) groups excluding carboxylic acids is 3. The van der Waals surface area contributed by atoms with E-state index >= 15 is 0 Å². The second-order valence-electron chi connectivity index (χ2n) is 7.98. The van der Waals surface area contributed by atoms with E-state index in [2.05, 4.69) is 5.32 Å². The van der Waals surface area contributed by atoms with Gasteiger partial charge in [-0.25, -0.2) is 4.79 Å². The van der Waals surface area contributed by atoms with Crippen molar-refractivity contribution in [1.29, 1.82) is 0 Å². The molecule has 1 aliphatic heterocycles. The third-order valence-electron chi connectivity index (χ3n) is 5.95. The Hall–Kier alpha value is -3.48. The fourth-order valence-electron chi connectivity index (χ4n) is 4.16. The van der Waals surface area contributed by atoms with Crippen molar-refractivity contribution in [3.05, 3.63) is 53.1 Å². The van der Waals surface area contributed by atoms with Gasteiger partial charge < -0.3 is 15.0 Å². The first kappa shape index (κ1) is 20.8. The molecule has 1 fully saturated rings. The van der Waals surface area contributed by atoms with Gasteiger partial charge in [-0.05, 0) is 68.5 Å². The first-order valence-corrected chi connectivity index (χ1v) is 10.4. The van der Waals surface area contributed by atoms with Gasteiger partial charge in [0.25, 0.3) is 0 Å². The number of aryl methyl sites for hydroxylation is 2. The van der Waals surface area contributed by atoms with Crippen LogP contribution in [0.15, 0.2) is 41.4 Å². The predicted octanol–water partition coefficient (Wildman–Crippen LogP) is 3.95. The molecule has 2 aliphatic rings. The molecular formula is C24H25N3O4. The van der Waals surface area contributed by atoms with Crippen LogP contribution >= 0.6 is 0 Å². The zero-order chi connectivity index (χ0) is 22.1. The number of methoxy groups -OCH3 is 1. The quantitative estimate of drug-likeness (QED) is 0.760. The van der Waals surface area contributed by atoms with Crippen LogP contribution in [0.4, 0.5) is 17.1 Å². The fourth-order valence-corrected chi connectivity index (χ4v) is 4.16. The highest BCUT2D eigenvalue weighted by Crippen LogP contribution is 2.39. The van der Waals surface area contributed by atoms with Gasteiger partial charge in [-0.1, -0.05) is 12.1 Å². The summed E-state index contributed by atoms with van der Waals surface area (Å²) < 4.78 is 4.79. The van der Waals surface area contributed by atoms with Crippen molar-refractivity contribution in [2.24, 2.45) is 10.9 Å². The molecular weight excluding hydrogens is 394 g/mol. The fraction of sp³-hybridized carbons (Fsp3) is 0.333. The molecule has 2 amide bonds. The van der Waals surface area contributed by atoms with E-state index in [4.69, 9.17) is 9.73 Å². The molecule has 160 valence electrons. The van der Waals surface area contributed by atoms with Crippen LogP contribution in [-0.2, 0) is 14.3 Å². The smallest absolute Gasteiger partial charge is 0.339 e. The van der Waals surface area contributed by atoms with Gasteiger partial charge in [0.2, 0.25) is 11.8 Å². The lowest BCUT2D eigenvalue weighted by Crippen LogP contribution is -2.42. The van der Waals surface area contributed by atoms with E-state index in [-0.39, 0.29) is 23.9 Å². The van der Waals surface area contributed by atoms with Gasteiger partial charge in [0.15, 0.2) is 0 Å². The molecule has 1 N–H and O–H groups in total. The number of anilines is 2. The second-order valence-corrected chi connectivity index (χ2v) is 7.98. The Morgan fingerprint density at radius 2 is 1.94 bits per heavy atom. The van der Waals surface area contributed by atoms with Crippen molar-refractivity contribution >= 4 is 40.6 Å². The van der Waals surface area contributed by atoms with Crippen molar-refractivity contribution in [2.45, 2.75) is 33.1 Å². The van der Waals surface area contributed by atoms with Crippen molar-refractivity contribution in [3.8, 4) is 0 Å². The molecule has 0 aromatic heterocycles. The number of nitrogens with one attached hydrogen (secondary N) is 1. The summed E-state index contributed by atoms with van der Waals surface area (Å²) in [5.74, 6) is -1.32. The van der Waals surface area contributed by atoms with Gasteiger partial charge in [0, 0.05) is 5.71 Å². The average Bonchev–Trinajstić information content (AvgIpc) is 3.18. The summed E-state index contributed by atoms with van der Waals surface area (Å²) in [5, 5.41) is 2.76. The minimum Gasteiger partial charge on any atom is -0.465 e. The Morgan fingerprint density at radius 1 is 1.19 bits per heavy atom. The Bertz CT molecular complexity index is 1110. The zero-order valence-corrected chi connectivity index (χ0v) is 17.9. The van der Waals surface area contributed by atoms with Crippen LogP contribution in [0.5, 0.6) is 0 Å². The molecule has 2 aromatic carbocycles. The largest absolute Gasteiger partial charge is 0.465 e. The normalized spacial score (nSPS) is 17.4. The standard InChI is InChI=1S/C24H25N3O4/c1-14-11-20-21(12-15(14)2)27(23(29)16-8-6-10-18(16)25-20)13-22(28)26-19-9-5-4-7-17(19)24(30)31-3/h4-5,7,9,11-12,16H,6,8,10,13H2,1-3H3,(H,26,28)/t16-/m0/s1. The minimum absolute atomic E-state index is 0.102. The number of para-hydroxylation sites is 1. The topological polar surface area (TPSA) is 88.1 Å². The second kappa shape index (κ2) is 8.34. The number of carbonyl (C=O) groups is 3. The van der Waals surface area contributed by atoms with Crippen LogP contribution in [0.1, 0.15) is 40.7 Å². The van der Waals surface area contributed by atoms with Crippen LogP contribution in [0.3, 0.4) is 0 Å². The van der Waals surface area contributed by atoms with Crippen molar-refractivity contribution in [1.82, 2.24) is 0 Å². The number of ether oxygens (including phenoxy) is 1. The Kier molecular flexibility index (Phi) is 5.59. The predicted molar refractivity (Wildman–Crippen MR) is 119 cm³/mol. The minimum atomic E-state index is -0.540. The summed E-state index contributed by atoms with van der Waals surface area (Å²) >= 11 is 0. The summed E-state index contributed by atoms with van der Waals surface area (Å²) in [4.78, 5) is 44.7. The molecule has 0 unspecified atom stereocenters. The number of rotatable bonds is 4. The molecule has 0 spiro atoms. The van der Waals surface area contributed by atoms with Gasteiger partial charge in [-0.3, -0.25) is 14.6 Å². The maximum absolute atomic E-state index is 13.4. The third-order valence-corrected chi connectivity index (χ3v) is 5.95. The van der Waals surface area contributed by atoms with Gasteiger partial charge in [-0.15, -0.1) is 0 Å². The molecule has 1 saturated carbocycles. The van der Waals surface area contributed by atoms with E-state index in [9.17, 15) is 14.4 Å². The van der Waals surface area contributed by atoms with Crippen molar-refractivity contribution in [3.63, 3.8) is 0 Å². The lowest BCUT2D eigenvalue weighted by molar-refractivity contribution is -0.123. The van der Waals surface area contributed by atoms with Gasteiger partial charge >= 0.3 is 5.97 Å². The molecule has 1 aliphatic carbocycles. The molecule has 0 saturated heterocycles.